The number of hydrogen-bond donors (Lipinski definition) is 2. The fourth-order valence-corrected chi connectivity index (χ4v) is 1.79. The molecule has 0 aliphatic carbocycles. The van der Waals surface area contributed by atoms with Gasteiger partial charge in [-0.25, -0.2) is 0 Å². The summed E-state index contributed by atoms with van der Waals surface area (Å²) in [6.45, 7) is 2.67. The largest absolute Gasteiger partial charge is 0.394 e. The summed E-state index contributed by atoms with van der Waals surface area (Å²) in [6, 6.07) is 8.61. The third kappa shape index (κ3) is 9.71. The molecule has 0 aliphatic rings. The highest BCUT2D eigenvalue weighted by Gasteiger charge is 2.16. The Labute approximate surface area is 142 Å². The molecular weight excluding hydrogens is 316 g/mol. The second-order valence-electron chi connectivity index (χ2n) is 4.88. The average molecular weight is 342 g/mol. The van der Waals surface area contributed by atoms with Gasteiger partial charge in [0, 0.05) is 5.56 Å². The fourth-order valence-electron chi connectivity index (χ4n) is 1.79. The zero-order valence-corrected chi connectivity index (χ0v) is 13.8. The van der Waals surface area contributed by atoms with E-state index in [1.54, 1.807) is 24.3 Å². The van der Waals surface area contributed by atoms with Crippen molar-refractivity contribution >= 4 is 5.78 Å². The van der Waals surface area contributed by atoms with E-state index in [2.05, 4.69) is 0 Å². The minimum atomic E-state index is -1.17. The number of ketones is 1. The van der Waals surface area contributed by atoms with Crippen molar-refractivity contribution in [3.8, 4) is 0 Å². The van der Waals surface area contributed by atoms with Crippen LogP contribution in [0.3, 0.4) is 0 Å². The van der Waals surface area contributed by atoms with Gasteiger partial charge in [0.05, 0.1) is 59.5 Å². The van der Waals surface area contributed by atoms with E-state index in [9.17, 15) is 9.90 Å². The van der Waals surface area contributed by atoms with E-state index < -0.39 is 6.10 Å². The molecule has 0 spiro atoms. The highest BCUT2D eigenvalue weighted by atomic mass is 16.6. The standard InChI is InChI=1S/C17H26O7/c18-6-7-21-8-9-22-10-11-23-12-13-24-14-16(19)17(20)15-4-2-1-3-5-15/h1-5,16,18-19H,6-14H2. The van der Waals surface area contributed by atoms with E-state index in [0.717, 1.165) is 0 Å². The highest BCUT2D eigenvalue weighted by molar-refractivity contribution is 5.99. The first-order valence-electron chi connectivity index (χ1n) is 7.95. The Morgan fingerprint density at radius 2 is 1.33 bits per heavy atom. The Bertz CT molecular complexity index is 424. The van der Waals surface area contributed by atoms with Crippen molar-refractivity contribution in [3.63, 3.8) is 0 Å². The van der Waals surface area contributed by atoms with Gasteiger partial charge in [0.15, 0.2) is 5.78 Å². The Morgan fingerprint density at radius 3 is 1.88 bits per heavy atom. The Kier molecular flexibility index (Phi) is 12.1. The van der Waals surface area contributed by atoms with Crippen LogP contribution in [0.25, 0.3) is 0 Å². The number of carbonyl (C=O) groups is 1. The maximum Gasteiger partial charge on any atom is 0.193 e. The second kappa shape index (κ2) is 14.0. The molecule has 0 amide bonds. The van der Waals surface area contributed by atoms with Gasteiger partial charge in [-0.05, 0) is 0 Å². The van der Waals surface area contributed by atoms with E-state index >= 15 is 0 Å². The fraction of sp³-hybridized carbons (Fsp3) is 0.588. The van der Waals surface area contributed by atoms with Crippen LogP contribution in [0.15, 0.2) is 30.3 Å². The van der Waals surface area contributed by atoms with E-state index in [1.807, 2.05) is 6.07 Å². The summed E-state index contributed by atoms with van der Waals surface area (Å²) in [5.41, 5.74) is 0.463. The van der Waals surface area contributed by atoms with Crippen molar-refractivity contribution < 1.29 is 34.0 Å². The summed E-state index contributed by atoms with van der Waals surface area (Å²) < 4.78 is 20.8. The van der Waals surface area contributed by atoms with Crippen LogP contribution in [0.2, 0.25) is 0 Å². The van der Waals surface area contributed by atoms with E-state index in [-0.39, 0.29) is 19.0 Å². The van der Waals surface area contributed by atoms with Gasteiger partial charge in [-0.2, -0.15) is 0 Å². The molecule has 1 rings (SSSR count). The van der Waals surface area contributed by atoms with Crippen molar-refractivity contribution in [3.05, 3.63) is 35.9 Å². The summed E-state index contributed by atoms with van der Waals surface area (Å²) in [6.07, 6.45) is -1.17. The lowest BCUT2D eigenvalue weighted by molar-refractivity contribution is -0.0157. The lowest BCUT2D eigenvalue weighted by Crippen LogP contribution is -2.27. The summed E-state index contributed by atoms with van der Waals surface area (Å²) >= 11 is 0. The zero-order chi connectivity index (χ0) is 17.5. The number of hydrogen-bond acceptors (Lipinski definition) is 7. The molecule has 1 aromatic rings. The van der Waals surface area contributed by atoms with Crippen LogP contribution in [0.1, 0.15) is 10.4 Å². The average Bonchev–Trinajstić information content (AvgIpc) is 2.62. The van der Waals surface area contributed by atoms with Gasteiger partial charge < -0.3 is 29.2 Å². The molecule has 0 saturated heterocycles. The lowest BCUT2D eigenvalue weighted by atomic mass is 10.1. The zero-order valence-electron chi connectivity index (χ0n) is 13.8. The molecule has 24 heavy (non-hydrogen) atoms. The number of aliphatic hydroxyl groups excluding tert-OH is 2. The van der Waals surface area contributed by atoms with Crippen molar-refractivity contribution in [2.75, 3.05) is 59.5 Å². The molecule has 0 heterocycles. The number of rotatable bonds is 15. The SMILES string of the molecule is O=C(c1ccccc1)C(O)COCCOCCOCCOCCO. The lowest BCUT2D eigenvalue weighted by Gasteiger charge is -2.11. The van der Waals surface area contributed by atoms with Crippen molar-refractivity contribution in [2.24, 2.45) is 0 Å². The van der Waals surface area contributed by atoms with Crippen molar-refractivity contribution in [1.29, 1.82) is 0 Å². The van der Waals surface area contributed by atoms with Crippen LogP contribution < -0.4 is 0 Å². The Hall–Kier alpha value is -1.35. The quantitative estimate of drug-likeness (QED) is 0.349. The first-order valence-corrected chi connectivity index (χ1v) is 7.95. The molecule has 1 unspecified atom stereocenters. The molecule has 7 nitrogen and oxygen atoms in total. The molecule has 7 heteroatoms. The number of aliphatic hydroxyl groups is 2. The third-order valence-electron chi connectivity index (χ3n) is 2.99. The first kappa shape index (κ1) is 20.7. The molecule has 0 aromatic heterocycles. The predicted octanol–water partition coefficient (Wildman–Crippen LogP) is 0.289. The second-order valence-corrected chi connectivity index (χ2v) is 4.88. The minimum Gasteiger partial charge on any atom is -0.394 e. The van der Waals surface area contributed by atoms with E-state index in [4.69, 9.17) is 24.1 Å². The summed E-state index contributed by atoms with van der Waals surface area (Å²) in [5.74, 6) is -0.353. The topological polar surface area (TPSA) is 94.5 Å². The highest BCUT2D eigenvalue weighted by Crippen LogP contribution is 2.03. The van der Waals surface area contributed by atoms with Crippen molar-refractivity contribution in [1.82, 2.24) is 0 Å². The third-order valence-corrected chi connectivity index (χ3v) is 2.99. The number of carbonyl (C=O) groups excluding carboxylic acids is 1. The van der Waals surface area contributed by atoms with Crippen molar-refractivity contribution in [2.45, 2.75) is 6.10 Å². The smallest absolute Gasteiger partial charge is 0.193 e. The molecule has 1 aromatic carbocycles. The monoisotopic (exact) mass is 342 g/mol. The van der Waals surface area contributed by atoms with Gasteiger partial charge in [-0.3, -0.25) is 4.79 Å². The van der Waals surface area contributed by atoms with Gasteiger partial charge in [0.2, 0.25) is 0 Å². The van der Waals surface area contributed by atoms with Crippen LogP contribution in [0.4, 0.5) is 0 Å². The number of ether oxygens (including phenoxy) is 4. The molecule has 0 fully saturated rings. The Balaban J connectivity index is 1.92. The Morgan fingerprint density at radius 1 is 0.833 bits per heavy atom. The van der Waals surface area contributed by atoms with Gasteiger partial charge in [-0.15, -0.1) is 0 Å². The molecular formula is C17H26O7. The van der Waals surface area contributed by atoms with Gasteiger partial charge in [-0.1, -0.05) is 30.3 Å². The van der Waals surface area contributed by atoms with Gasteiger partial charge >= 0.3 is 0 Å². The minimum absolute atomic E-state index is 0.00868. The first-order chi connectivity index (χ1) is 11.8. The molecule has 2 N–H and O–H groups in total. The van der Waals surface area contributed by atoms with Gasteiger partial charge in [0.25, 0.3) is 0 Å². The molecule has 0 saturated carbocycles. The predicted molar refractivity (Wildman–Crippen MR) is 87.1 cm³/mol. The van der Waals surface area contributed by atoms with Crippen LogP contribution in [0, 0.1) is 0 Å². The maximum absolute atomic E-state index is 11.9. The molecule has 0 radical (unpaired) electrons. The number of Topliss-reactive ketones (excluding diaryl/α,β-unsaturated/α-hetero) is 1. The molecule has 1 atom stereocenters. The van der Waals surface area contributed by atoms with Gasteiger partial charge in [0.1, 0.15) is 6.10 Å². The molecule has 0 aliphatic heterocycles. The molecule has 136 valence electrons. The summed E-state index contributed by atoms with van der Waals surface area (Å²) in [7, 11) is 0. The number of benzene rings is 1. The van der Waals surface area contributed by atoms with E-state index in [1.165, 1.54) is 0 Å². The summed E-state index contributed by atoms with van der Waals surface area (Å²) in [5, 5.41) is 18.3. The van der Waals surface area contributed by atoms with Crippen LogP contribution in [-0.4, -0.2) is 81.6 Å². The molecule has 0 bridgehead atoms. The maximum atomic E-state index is 11.9. The normalized spacial score (nSPS) is 12.2. The van der Waals surface area contributed by atoms with E-state index in [0.29, 0.717) is 51.8 Å². The summed E-state index contributed by atoms with van der Waals surface area (Å²) in [4.78, 5) is 11.9. The van der Waals surface area contributed by atoms with Crippen LogP contribution in [0.5, 0.6) is 0 Å². The van der Waals surface area contributed by atoms with Crippen LogP contribution >= 0.6 is 0 Å². The van der Waals surface area contributed by atoms with Crippen LogP contribution in [-0.2, 0) is 18.9 Å².